The first-order valence-corrected chi connectivity index (χ1v) is 31.4. The Kier molecular flexibility index (Phi) is 40.3. The fourth-order valence-electron chi connectivity index (χ4n) is 6.79. The van der Waals surface area contributed by atoms with E-state index in [4.69, 9.17) is 12.2 Å². The summed E-state index contributed by atoms with van der Waals surface area (Å²) in [4.78, 5) is 22.0. The highest BCUT2D eigenvalue weighted by Crippen LogP contribution is 2.32. The lowest BCUT2D eigenvalue weighted by Gasteiger charge is -2.18. The van der Waals surface area contributed by atoms with Crippen molar-refractivity contribution in [3.63, 3.8) is 0 Å². The second-order valence-electron chi connectivity index (χ2n) is 17.8. The number of hydrogen-bond donors (Lipinski definition) is 1. The second kappa shape index (κ2) is 47.0. The smallest absolute Gasteiger partial charge is 0.177 e. The molecule has 3 aromatic heterocycles. The van der Waals surface area contributed by atoms with Crippen molar-refractivity contribution in [2.24, 2.45) is 5.73 Å². The van der Waals surface area contributed by atoms with Gasteiger partial charge in [0.1, 0.15) is 0 Å². The topological polar surface area (TPSA) is 81.8 Å². The molecule has 0 aliphatic rings. The van der Waals surface area contributed by atoms with E-state index >= 15 is 0 Å². The summed E-state index contributed by atoms with van der Waals surface area (Å²) in [5.74, 6) is 15.1. The summed E-state index contributed by atoms with van der Waals surface area (Å²) >= 11 is 4.64. The number of ketones is 1. The van der Waals surface area contributed by atoms with Crippen molar-refractivity contribution in [2.45, 2.75) is 61.8 Å². The Balaban J connectivity index is 0.000000379. The van der Waals surface area contributed by atoms with Crippen LogP contribution < -0.4 is 21.6 Å². The van der Waals surface area contributed by atoms with E-state index in [0.29, 0.717) is 0 Å². The number of terminal acetylenes is 1. The number of hydrogen-bond acceptors (Lipinski definition) is 5. The number of benzene rings is 7. The van der Waals surface area contributed by atoms with Crippen LogP contribution in [0.5, 0.6) is 0 Å². The molecule has 10 rings (SSSR count). The molecule has 10 aromatic rings. The number of nitrogens with zero attached hydrogens (tertiary/aromatic N) is 3. The third kappa shape index (κ3) is 31.0. The number of carbonyl (C=O) groups is 1. The Morgan fingerprint density at radius 1 is 0.453 bits per heavy atom. The lowest BCUT2D eigenvalue weighted by atomic mass is 10.0. The van der Waals surface area contributed by atoms with Gasteiger partial charge in [-0.25, -0.2) is 0 Å². The van der Waals surface area contributed by atoms with Crippen LogP contribution in [0.4, 0.5) is 0 Å². The first-order chi connectivity index (χ1) is 41.6. The number of rotatable bonds is 7. The SMILES string of the molecule is C.C#Cc1ccncc1.C(#Cc1ccc(-c2ccc(C#Cc3ccncc3)cc2)cc1)c1ccncc1.C=CC(=O)C=CC.CCC.CCC.CCN.Ic1ccc(-c2ccc(I)cc2)cc1.c1ccc(P(c2ccccc2)c2ccccc2)cc1. The maximum atomic E-state index is 10.2. The van der Waals surface area contributed by atoms with E-state index in [1.165, 1.54) is 59.2 Å². The van der Waals surface area contributed by atoms with Gasteiger partial charge in [-0.05, 0) is 202 Å². The van der Waals surface area contributed by atoms with Gasteiger partial charge in [0, 0.05) is 72.1 Å². The predicted molar refractivity (Wildman–Crippen MR) is 390 cm³/mol. The lowest BCUT2D eigenvalue weighted by molar-refractivity contribution is -0.110. The van der Waals surface area contributed by atoms with Gasteiger partial charge in [-0.15, -0.1) is 6.42 Å². The summed E-state index contributed by atoms with van der Waals surface area (Å²) in [6.45, 7) is 16.2. The minimum absolute atomic E-state index is 0. The first-order valence-electron chi connectivity index (χ1n) is 27.9. The number of halogens is 2. The van der Waals surface area contributed by atoms with Gasteiger partial charge in [-0.1, -0.05) is 237 Å². The molecular weight excluding hydrogens is 1290 g/mol. The fourth-order valence-corrected chi connectivity index (χ4v) is 9.82. The molecule has 0 fully saturated rings. The van der Waals surface area contributed by atoms with E-state index in [1.807, 2.05) is 55.5 Å². The molecular formula is C78H79I2N4OP. The van der Waals surface area contributed by atoms with Crippen molar-refractivity contribution in [1.82, 2.24) is 15.0 Å². The highest BCUT2D eigenvalue weighted by atomic mass is 127. The van der Waals surface area contributed by atoms with E-state index in [1.54, 1.807) is 62.3 Å². The quantitative estimate of drug-likeness (QED) is 0.0744. The van der Waals surface area contributed by atoms with E-state index < -0.39 is 7.92 Å². The molecule has 0 spiro atoms. The van der Waals surface area contributed by atoms with Crippen LogP contribution >= 0.6 is 53.1 Å². The van der Waals surface area contributed by atoms with Crippen molar-refractivity contribution in [1.29, 1.82) is 0 Å². The molecule has 0 unspecified atom stereocenters. The largest absolute Gasteiger partial charge is 0.331 e. The average molecular weight is 1370 g/mol. The molecule has 436 valence electrons. The van der Waals surface area contributed by atoms with Gasteiger partial charge in [0.2, 0.25) is 0 Å². The number of pyridine rings is 3. The minimum Gasteiger partial charge on any atom is -0.331 e. The molecule has 0 saturated heterocycles. The number of aromatic nitrogens is 3. The van der Waals surface area contributed by atoms with Crippen LogP contribution in [0.25, 0.3) is 22.3 Å². The Morgan fingerprint density at radius 2 is 0.698 bits per heavy atom. The molecule has 3 heterocycles. The van der Waals surface area contributed by atoms with Crippen molar-refractivity contribution in [3.8, 4) is 58.3 Å². The van der Waals surface area contributed by atoms with Crippen molar-refractivity contribution >= 4 is 74.8 Å². The van der Waals surface area contributed by atoms with Gasteiger partial charge in [-0.3, -0.25) is 19.7 Å². The standard InChI is InChI=1S/C26H16N2.C18H15P.C12H8I2.C7H5N.C6H8O.2C3H8.C2H7N.CH4/c1(3-23-13-17-27-18-14-23)21-5-9-25(10-6-21)26-11-7-22(8-12-26)2-4-24-15-19-28-20-16-24;1-4-10-16(11-5-1)19(17-12-6-2-7-13-17)18-14-8-3-9-15-18;13-11-5-1-9(2-6-11)10-3-7-12(14)8-4-10;1-2-7-3-5-8-6-4-7;1-3-5-6(7)4-2;2*1-3-2;1-2-3;/h5-20H;1-15H;1-8H;1,3-6H;3-5H,2H2,1H3;2*3H2,1-2H3;2-3H2,1H3;1H4. The van der Waals surface area contributed by atoms with Crippen LogP contribution in [0.1, 0.15) is 89.6 Å². The zero-order valence-corrected chi connectivity index (χ0v) is 54.7. The van der Waals surface area contributed by atoms with Crippen LogP contribution in [0.3, 0.4) is 0 Å². The van der Waals surface area contributed by atoms with Crippen LogP contribution in [-0.4, -0.2) is 27.3 Å². The van der Waals surface area contributed by atoms with E-state index in [9.17, 15) is 4.79 Å². The molecule has 0 aliphatic heterocycles. The van der Waals surface area contributed by atoms with Gasteiger partial charge in [0.05, 0.1) is 0 Å². The molecule has 0 atom stereocenters. The Labute approximate surface area is 543 Å². The maximum Gasteiger partial charge on any atom is 0.177 e. The summed E-state index contributed by atoms with van der Waals surface area (Å²) in [6.07, 6.45) is 22.3. The molecule has 0 saturated carbocycles. The van der Waals surface area contributed by atoms with Gasteiger partial charge < -0.3 is 5.73 Å². The molecule has 0 amide bonds. The van der Waals surface area contributed by atoms with Gasteiger partial charge in [0.15, 0.2) is 5.78 Å². The molecule has 0 bridgehead atoms. The maximum absolute atomic E-state index is 10.2. The van der Waals surface area contributed by atoms with Crippen LogP contribution in [0.15, 0.2) is 286 Å². The molecule has 0 radical (unpaired) electrons. The van der Waals surface area contributed by atoms with Crippen molar-refractivity contribution in [2.75, 3.05) is 6.54 Å². The fraction of sp³-hybridized carbons (Fsp3) is 0.128. The van der Waals surface area contributed by atoms with Crippen LogP contribution in [-0.2, 0) is 4.79 Å². The van der Waals surface area contributed by atoms with Gasteiger partial charge >= 0.3 is 0 Å². The van der Waals surface area contributed by atoms with Gasteiger partial charge in [-0.2, -0.15) is 0 Å². The summed E-state index contributed by atoms with van der Waals surface area (Å²) in [5, 5.41) is 4.19. The average Bonchev–Trinajstić information content (AvgIpc) is 2.97. The lowest BCUT2D eigenvalue weighted by Crippen LogP contribution is -2.20. The summed E-state index contributed by atoms with van der Waals surface area (Å²) in [6, 6.07) is 77.2. The first kappa shape index (κ1) is 73.8. The van der Waals surface area contributed by atoms with Crippen molar-refractivity contribution in [3.05, 3.63) is 321 Å². The predicted octanol–water partition coefficient (Wildman–Crippen LogP) is 18.8. The number of allylic oxidation sites excluding steroid dienone is 3. The summed E-state index contributed by atoms with van der Waals surface area (Å²) in [7, 11) is -0.446. The highest BCUT2D eigenvalue weighted by Gasteiger charge is 2.15. The van der Waals surface area contributed by atoms with E-state index in [-0.39, 0.29) is 13.2 Å². The number of carbonyl (C=O) groups excluding carboxylic acids is 1. The molecule has 86 heavy (non-hydrogen) atoms. The zero-order chi connectivity index (χ0) is 61.5. The number of nitrogens with two attached hydrogens (primary N) is 1. The van der Waals surface area contributed by atoms with E-state index in [0.717, 1.165) is 45.5 Å². The zero-order valence-electron chi connectivity index (χ0n) is 49.5. The Bertz CT molecular complexity index is 3320. The van der Waals surface area contributed by atoms with Crippen LogP contribution in [0.2, 0.25) is 0 Å². The molecule has 5 nitrogen and oxygen atoms in total. The molecule has 7 aromatic carbocycles. The summed E-state index contributed by atoms with van der Waals surface area (Å²) < 4.78 is 2.55. The van der Waals surface area contributed by atoms with Gasteiger partial charge in [0.25, 0.3) is 0 Å². The summed E-state index contributed by atoms with van der Waals surface area (Å²) in [5.41, 5.74) is 14.5. The third-order valence-electron chi connectivity index (χ3n) is 10.6. The normalized spacial score (nSPS) is 9.22. The van der Waals surface area contributed by atoms with Crippen molar-refractivity contribution < 1.29 is 4.79 Å². The highest BCUT2D eigenvalue weighted by molar-refractivity contribution is 14.1. The Morgan fingerprint density at radius 3 is 0.919 bits per heavy atom. The molecule has 2 N–H and O–H groups in total. The molecule has 0 aliphatic carbocycles. The minimum atomic E-state index is -0.446. The monoisotopic (exact) mass is 1370 g/mol. The molecule has 8 heteroatoms. The van der Waals surface area contributed by atoms with Crippen LogP contribution in [0, 0.1) is 43.2 Å². The second-order valence-corrected chi connectivity index (χ2v) is 22.5. The van der Waals surface area contributed by atoms with E-state index in [2.05, 4.69) is 288 Å². The third-order valence-corrected chi connectivity index (χ3v) is 14.5. The Hall–Kier alpha value is -8.33.